The molecular weight excluding hydrogens is 329 g/mol. The maximum absolute atomic E-state index is 13.5. The van der Waals surface area contributed by atoms with E-state index in [1.165, 1.54) is 6.07 Å². The zero-order chi connectivity index (χ0) is 14.7. The Morgan fingerprint density at radius 3 is 2.70 bits per heavy atom. The minimum Gasteiger partial charge on any atom is -0.481 e. The molecule has 1 amide bonds. The molecule has 2 unspecified atom stereocenters. The van der Waals surface area contributed by atoms with E-state index in [-0.39, 0.29) is 24.2 Å². The molecular formula is C14H15BrFNO3. The van der Waals surface area contributed by atoms with E-state index in [0.29, 0.717) is 24.8 Å². The van der Waals surface area contributed by atoms with E-state index in [1.54, 1.807) is 12.1 Å². The second-order valence-electron chi connectivity index (χ2n) is 5.00. The van der Waals surface area contributed by atoms with Gasteiger partial charge in [0.15, 0.2) is 0 Å². The highest BCUT2D eigenvalue weighted by Gasteiger charge is 2.33. The normalized spacial score (nSPS) is 21.7. The van der Waals surface area contributed by atoms with Gasteiger partial charge in [0, 0.05) is 22.5 Å². The van der Waals surface area contributed by atoms with Crippen LogP contribution in [0.2, 0.25) is 0 Å². The van der Waals surface area contributed by atoms with Crippen LogP contribution in [0.4, 0.5) is 4.39 Å². The quantitative estimate of drug-likeness (QED) is 0.883. The Bertz CT molecular complexity index is 535. The second-order valence-corrected chi connectivity index (χ2v) is 5.91. The molecule has 0 aliphatic heterocycles. The maximum Gasteiger partial charge on any atom is 0.306 e. The van der Waals surface area contributed by atoms with Gasteiger partial charge in [0.05, 0.1) is 5.92 Å². The van der Waals surface area contributed by atoms with Crippen molar-refractivity contribution >= 4 is 27.8 Å². The van der Waals surface area contributed by atoms with Crippen molar-refractivity contribution in [2.45, 2.75) is 25.8 Å². The molecule has 2 atom stereocenters. The van der Waals surface area contributed by atoms with Gasteiger partial charge in [0.1, 0.15) is 5.82 Å². The first-order chi connectivity index (χ1) is 9.47. The summed E-state index contributed by atoms with van der Waals surface area (Å²) in [5, 5.41) is 11.6. The maximum atomic E-state index is 13.5. The molecule has 0 spiro atoms. The van der Waals surface area contributed by atoms with Crippen LogP contribution in [0.25, 0.3) is 0 Å². The molecule has 0 heterocycles. The minimum atomic E-state index is -0.849. The monoisotopic (exact) mass is 343 g/mol. The lowest BCUT2D eigenvalue weighted by molar-refractivity contribution is -0.141. The van der Waals surface area contributed by atoms with Gasteiger partial charge < -0.3 is 10.4 Å². The second kappa shape index (κ2) is 6.35. The molecule has 0 radical (unpaired) electrons. The molecule has 0 bridgehead atoms. The Labute approximate surface area is 124 Å². The third-order valence-electron chi connectivity index (χ3n) is 3.61. The van der Waals surface area contributed by atoms with Crippen molar-refractivity contribution in [2.24, 2.45) is 11.8 Å². The van der Waals surface area contributed by atoms with Crippen LogP contribution in [0, 0.1) is 17.7 Å². The molecule has 108 valence electrons. The fourth-order valence-corrected chi connectivity index (χ4v) is 2.86. The lowest BCUT2D eigenvalue weighted by Crippen LogP contribution is -2.29. The molecule has 6 heteroatoms. The molecule has 1 saturated carbocycles. The zero-order valence-corrected chi connectivity index (χ0v) is 12.3. The van der Waals surface area contributed by atoms with Gasteiger partial charge in [0.2, 0.25) is 5.91 Å². The van der Waals surface area contributed by atoms with Crippen LogP contribution < -0.4 is 5.32 Å². The number of carboxylic acids is 1. The van der Waals surface area contributed by atoms with E-state index >= 15 is 0 Å². The molecule has 1 fully saturated rings. The fraction of sp³-hybridized carbons (Fsp3) is 0.429. The number of hydrogen-bond acceptors (Lipinski definition) is 2. The molecule has 1 aromatic rings. The van der Waals surface area contributed by atoms with Crippen LogP contribution in [-0.2, 0) is 16.1 Å². The summed E-state index contributed by atoms with van der Waals surface area (Å²) in [5.41, 5.74) is 0.403. The fourth-order valence-electron chi connectivity index (χ4n) is 2.45. The first kappa shape index (κ1) is 15.0. The van der Waals surface area contributed by atoms with Gasteiger partial charge in [-0.25, -0.2) is 4.39 Å². The summed E-state index contributed by atoms with van der Waals surface area (Å²) < 4.78 is 14.3. The summed E-state index contributed by atoms with van der Waals surface area (Å²) in [7, 11) is 0. The summed E-state index contributed by atoms with van der Waals surface area (Å²) in [6.07, 6.45) is 1.46. The Balaban J connectivity index is 1.90. The molecule has 2 N–H and O–H groups in total. The number of halogens is 2. The van der Waals surface area contributed by atoms with E-state index in [0.717, 1.165) is 4.47 Å². The molecule has 2 rings (SSSR count). The van der Waals surface area contributed by atoms with Crippen molar-refractivity contribution in [2.75, 3.05) is 0 Å². The van der Waals surface area contributed by atoms with E-state index in [2.05, 4.69) is 21.2 Å². The summed E-state index contributed by atoms with van der Waals surface area (Å²) >= 11 is 3.25. The zero-order valence-electron chi connectivity index (χ0n) is 10.7. The van der Waals surface area contributed by atoms with E-state index in [4.69, 9.17) is 5.11 Å². The highest BCUT2D eigenvalue weighted by Crippen LogP contribution is 2.31. The van der Waals surface area contributed by atoms with Crippen molar-refractivity contribution < 1.29 is 19.1 Å². The smallest absolute Gasteiger partial charge is 0.306 e. The summed E-state index contributed by atoms with van der Waals surface area (Å²) in [6, 6.07) is 4.54. The van der Waals surface area contributed by atoms with Crippen LogP contribution in [-0.4, -0.2) is 17.0 Å². The number of nitrogens with one attached hydrogen (secondary N) is 1. The number of carbonyl (C=O) groups is 2. The third kappa shape index (κ3) is 3.56. The molecule has 0 aromatic heterocycles. The molecule has 1 aliphatic carbocycles. The number of rotatable bonds is 4. The summed E-state index contributed by atoms with van der Waals surface area (Å²) in [5.74, 6) is -2.14. The van der Waals surface area contributed by atoms with E-state index in [9.17, 15) is 14.0 Å². The van der Waals surface area contributed by atoms with Gasteiger partial charge in [-0.05, 0) is 37.5 Å². The van der Waals surface area contributed by atoms with Gasteiger partial charge in [-0.2, -0.15) is 0 Å². The number of carboxylic acid groups (broad SMARTS) is 1. The predicted octanol–water partition coefficient (Wildman–Crippen LogP) is 2.71. The number of aliphatic carboxylic acids is 1. The Hall–Kier alpha value is -1.43. The molecule has 1 aliphatic rings. The first-order valence-corrected chi connectivity index (χ1v) is 7.21. The van der Waals surface area contributed by atoms with Crippen LogP contribution >= 0.6 is 15.9 Å². The predicted molar refractivity (Wildman–Crippen MR) is 74.4 cm³/mol. The van der Waals surface area contributed by atoms with E-state index in [1.807, 2.05) is 0 Å². The topological polar surface area (TPSA) is 66.4 Å². The van der Waals surface area contributed by atoms with Crippen LogP contribution in [0.15, 0.2) is 22.7 Å². The Morgan fingerprint density at radius 2 is 2.05 bits per heavy atom. The number of amides is 1. The van der Waals surface area contributed by atoms with Gasteiger partial charge in [-0.3, -0.25) is 9.59 Å². The average Bonchev–Trinajstić information content (AvgIpc) is 2.89. The first-order valence-electron chi connectivity index (χ1n) is 6.42. The number of benzene rings is 1. The lowest BCUT2D eigenvalue weighted by atomic mass is 10.0. The van der Waals surface area contributed by atoms with Gasteiger partial charge in [-0.15, -0.1) is 0 Å². The van der Waals surface area contributed by atoms with Crippen LogP contribution in [0.1, 0.15) is 24.8 Å². The Kier molecular flexibility index (Phi) is 4.75. The van der Waals surface area contributed by atoms with Gasteiger partial charge in [-0.1, -0.05) is 15.9 Å². The summed E-state index contributed by atoms with van der Waals surface area (Å²) in [6.45, 7) is 0.109. The van der Waals surface area contributed by atoms with Crippen molar-refractivity contribution in [3.63, 3.8) is 0 Å². The number of hydrogen-bond donors (Lipinski definition) is 2. The number of carbonyl (C=O) groups excluding carboxylic acids is 1. The Morgan fingerprint density at radius 1 is 1.35 bits per heavy atom. The molecule has 1 aromatic carbocycles. The highest BCUT2D eigenvalue weighted by molar-refractivity contribution is 9.10. The van der Waals surface area contributed by atoms with Crippen molar-refractivity contribution in [3.05, 3.63) is 34.1 Å². The molecule has 20 heavy (non-hydrogen) atoms. The van der Waals surface area contributed by atoms with Crippen molar-refractivity contribution in [3.8, 4) is 0 Å². The SMILES string of the molecule is O=C(O)C1CCC(C(=O)NCc2cc(Br)ccc2F)C1. The van der Waals surface area contributed by atoms with Gasteiger partial charge >= 0.3 is 5.97 Å². The minimum absolute atomic E-state index is 0.109. The standard InChI is InChI=1S/C14H15BrFNO3/c15-11-3-4-12(16)10(6-11)7-17-13(18)8-1-2-9(5-8)14(19)20/h3-4,6,8-9H,1-2,5,7H2,(H,17,18)(H,19,20). The molecule has 0 saturated heterocycles. The highest BCUT2D eigenvalue weighted by atomic mass is 79.9. The van der Waals surface area contributed by atoms with Crippen LogP contribution in [0.3, 0.4) is 0 Å². The average molecular weight is 344 g/mol. The van der Waals surface area contributed by atoms with Gasteiger partial charge in [0.25, 0.3) is 0 Å². The third-order valence-corrected chi connectivity index (χ3v) is 4.11. The molecule has 4 nitrogen and oxygen atoms in total. The largest absolute Gasteiger partial charge is 0.481 e. The van der Waals surface area contributed by atoms with Crippen molar-refractivity contribution in [1.29, 1.82) is 0 Å². The lowest BCUT2D eigenvalue weighted by Gasteiger charge is -2.11. The summed E-state index contributed by atoms with van der Waals surface area (Å²) in [4.78, 5) is 22.8. The van der Waals surface area contributed by atoms with Crippen molar-refractivity contribution in [1.82, 2.24) is 5.32 Å². The van der Waals surface area contributed by atoms with E-state index < -0.39 is 11.9 Å². The van der Waals surface area contributed by atoms with Crippen LogP contribution in [0.5, 0.6) is 0 Å².